The fraction of sp³-hybridized carbons (Fsp3) is 0.111. The molecule has 0 heterocycles. The number of halogens is 1. The molecule has 0 radical (unpaired) electrons. The largest absolute Gasteiger partial charge is 0.496 e. The molecule has 24 heavy (non-hydrogen) atoms. The Bertz CT molecular complexity index is 769. The molecule has 0 aliphatic carbocycles. The second-order valence-corrected chi connectivity index (χ2v) is 5.69. The van der Waals surface area contributed by atoms with E-state index in [0.717, 1.165) is 10.0 Å². The molecule has 0 aliphatic rings. The van der Waals surface area contributed by atoms with Gasteiger partial charge in [-0.15, -0.1) is 0 Å². The molecule has 0 fully saturated rings. The van der Waals surface area contributed by atoms with Crippen LogP contribution in [0.3, 0.4) is 0 Å². The number of amides is 1. The lowest BCUT2D eigenvalue weighted by atomic mass is 10.2. The highest BCUT2D eigenvalue weighted by molar-refractivity contribution is 9.10. The minimum Gasteiger partial charge on any atom is -0.496 e. The van der Waals surface area contributed by atoms with Gasteiger partial charge in [0.1, 0.15) is 5.75 Å². The van der Waals surface area contributed by atoms with Crippen LogP contribution in [-0.4, -0.2) is 26.1 Å². The number of carbonyl (C=O) groups is 2. The molecule has 0 aromatic heterocycles. The van der Waals surface area contributed by atoms with Crippen LogP contribution in [0, 0.1) is 0 Å². The lowest BCUT2D eigenvalue weighted by Crippen LogP contribution is -2.08. The van der Waals surface area contributed by atoms with Crippen LogP contribution in [0.2, 0.25) is 0 Å². The zero-order valence-corrected chi connectivity index (χ0v) is 14.8. The van der Waals surface area contributed by atoms with Crippen LogP contribution < -0.4 is 10.1 Å². The molecule has 0 unspecified atom stereocenters. The Labute approximate surface area is 148 Å². The zero-order chi connectivity index (χ0) is 17.5. The summed E-state index contributed by atoms with van der Waals surface area (Å²) in [4.78, 5) is 23.4. The van der Waals surface area contributed by atoms with Gasteiger partial charge in [-0.05, 0) is 48.5 Å². The first-order valence-electron chi connectivity index (χ1n) is 7.04. The maximum atomic E-state index is 12.0. The van der Waals surface area contributed by atoms with Crippen LogP contribution in [0.5, 0.6) is 5.75 Å². The fourth-order valence-electron chi connectivity index (χ4n) is 1.99. The summed E-state index contributed by atoms with van der Waals surface area (Å²) in [6.07, 6.45) is 3.08. The number of hydrogen-bond acceptors (Lipinski definition) is 4. The van der Waals surface area contributed by atoms with Crippen molar-refractivity contribution in [2.75, 3.05) is 19.5 Å². The maximum absolute atomic E-state index is 12.0. The van der Waals surface area contributed by atoms with E-state index >= 15 is 0 Å². The summed E-state index contributed by atoms with van der Waals surface area (Å²) < 4.78 is 10.8. The second kappa shape index (κ2) is 8.31. The van der Waals surface area contributed by atoms with Crippen LogP contribution in [0.1, 0.15) is 15.9 Å². The van der Waals surface area contributed by atoms with Crippen molar-refractivity contribution >= 4 is 39.6 Å². The number of methoxy groups -OCH3 is 2. The van der Waals surface area contributed by atoms with E-state index in [2.05, 4.69) is 26.0 Å². The van der Waals surface area contributed by atoms with E-state index in [0.29, 0.717) is 17.0 Å². The Kier molecular flexibility index (Phi) is 6.14. The smallest absolute Gasteiger partial charge is 0.337 e. The lowest BCUT2D eigenvalue weighted by Gasteiger charge is -2.06. The summed E-state index contributed by atoms with van der Waals surface area (Å²) in [5.74, 6) is -0.0398. The van der Waals surface area contributed by atoms with Crippen molar-refractivity contribution in [2.24, 2.45) is 0 Å². The average Bonchev–Trinajstić information content (AvgIpc) is 2.60. The number of nitrogens with one attached hydrogen (secondary N) is 1. The molecule has 2 rings (SSSR count). The Morgan fingerprint density at radius 3 is 2.42 bits per heavy atom. The normalized spacial score (nSPS) is 10.5. The summed E-state index contributed by atoms with van der Waals surface area (Å²) in [5.41, 5.74) is 1.78. The van der Waals surface area contributed by atoms with E-state index in [1.807, 2.05) is 18.2 Å². The molecule has 0 aliphatic heterocycles. The van der Waals surface area contributed by atoms with E-state index in [9.17, 15) is 9.59 Å². The summed E-state index contributed by atoms with van der Waals surface area (Å²) in [5, 5.41) is 2.72. The quantitative estimate of drug-likeness (QED) is 0.622. The Morgan fingerprint density at radius 1 is 1.08 bits per heavy atom. The molecule has 0 spiro atoms. The summed E-state index contributed by atoms with van der Waals surface area (Å²) in [6.45, 7) is 0. The SMILES string of the molecule is COC(=O)c1ccc(NC(=O)/C=C/c2cc(Br)ccc2OC)cc1. The highest BCUT2D eigenvalue weighted by Crippen LogP contribution is 2.24. The molecule has 0 saturated carbocycles. The predicted molar refractivity (Wildman–Crippen MR) is 96.1 cm³/mol. The first kappa shape index (κ1) is 17.7. The number of hydrogen-bond donors (Lipinski definition) is 1. The Balaban J connectivity index is 2.05. The van der Waals surface area contributed by atoms with Crippen molar-refractivity contribution in [3.8, 4) is 5.75 Å². The third-order valence-corrected chi connectivity index (χ3v) is 3.67. The topological polar surface area (TPSA) is 64.6 Å². The van der Waals surface area contributed by atoms with Gasteiger partial charge in [0.05, 0.1) is 19.8 Å². The van der Waals surface area contributed by atoms with Gasteiger partial charge >= 0.3 is 5.97 Å². The molecule has 1 amide bonds. The predicted octanol–water partition coefficient (Wildman–Crippen LogP) is 3.90. The Hall–Kier alpha value is -2.60. The first-order chi connectivity index (χ1) is 11.5. The highest BCUT2D eigenvalue weighted by Gasteiger charge is 2.05. The molecule has 0 saturated heterocycles. The van der Waals surface area contributed by atoms with Gasteiger partial charge < -0.3 is 14.8 Å². The van der Waals surface area contributed by atoms with Crippen LogP contribution in [0.15, 0.2) is 53.0 Å². The standard InChI is InChI=1S/C18H16BrNO4/c1-23-16-9-6-14(19)11-13(16)5-10-17(21)20-15-7-3-12(4-8-15)18(22)24-2/h3-11H,1-2H3,(H,20,21)/b10-5+. The van der Waals surface area contributed by atoms with Crippen molar-refractivity contribution in [1.82, 2.24) is 0 Å². The molecular formula is C18H16BrNO4. The van der Waals surface area contributed by atoms with E-state index in [4.69, 9.17) is 4.74 Å². The van der Waals surface area contributed by atoms with Gasteiger partial charge in [0.15, 0.2) is 0 Å². The Morgan fingerprint density at radius 2 is 1.79 bits per heavy atom. The van der Waals surface area contributed by atoms with E-state index in [1.165, 1.54) is 13.2 Å². The van der Waals surface area contributed by atoms with Crippen molar-refractivity contribution in [3.63, 3.8) is 0 Å². The second-order valence-electron chi connectivity index (χ2n) is 4.78. The van der Waals surface area contributed by atoms with Crippen LogP contribution in [-0.2, 0) is 9.53 Å². The van der Waals surface area contributed by atoms with Gasteiger partial charge in [-0.3, -0.25) is 4.79 Å². The number of esters is 1. The monoisotopic (exact) mass is 389 g/mol. The average molecular weight is 390 g/mol. The van der Waals surface area contributed by atoms with Crippen molar-refractivity contribution < 1.29 is 19.1 Å². The van der Waals surface area contributed by atoms with Gasteiger partial charge in [0.25, 0.3) is 0 Å². The molecule has 6 heteroatoms. The molecule has 1 N–H and O–H groups in total. The van der Waals surface area contributed by atoms with Crippen LogP contribution in [0.4, 0.5) is 5.69 Å². The summed E-state index contributed by atoms with van der Waals surface area (Å²) >= 11 is 3.38. The van der Waals surface area contributed by atoms with Crippen molar-refractivity contribution in [1.29, 1.82) is 0 Å². The van der Waals surface area contributed by atoms with Gasteiger partial charge in [-0.25, -0.2) is 4.79 Å². The summed E-state index contributed by atoms with van der Waals surface area (Å²) in [6, 6.07) is 12.0. The minimum atomic E-state index is -0.422. The fourth-order valence-corrected chi connectivity index (χ4v) is 2.37. The third-order valence-electron chi connectivity index (χ3n) is 3.18. The molecule has 124 valence electrons. The number of benzene rings is 2. The van der Waals surface area contributed by atoms with Gasteiger partial charge in [-0.2, -0.15) is 0 Å². The number of ether oxygens (including phenoxy) is 2. The van der Waals surface area contributed by atoms with Crippen LogP contribution >= 0.6 is 15.9 Å². The van der Waals surface area contributed by atoms with Gasteiger partial charge in [0.2, 0.25) is 5.91 Å². The molecule has 2 aromatic carbocycles. The van der Waals surface area contributed by atoms with E-state index in [1.54, 1.807) is 37.5 Å². The minimum absolute atomic E-state index is 0.289. The highest BCUT2D eigenvalue weighted by atomic mass is 79.9. The molecule has 0 bridgehead atoms. The van der Waals surface area contributed by atoms with E-state index in [-0.39, 0.29) is 5.91 Å². The van der Waals surface area contributed by atoms with Crippen molar-refractivity contribution in [2.45, 2.75) is 0 Å². The van der Waals surface area contributed by atoms with Gasteiger partial charge in [0, 0.05) is 21.8 Å². The number of anilines is 1. The zero-order valence-electron chi connectivity index (χ0n) is 13.2. The third kappa shape index (κ3) is 4.70. The first-order valence-corrected chi connectivity index (χ1v) is 7.84. The van der Waals surface area contributed by atoms with Gasteiger partial charge in [-0.1, -0.05) is 15.9 Å². The molecule has 5 nitrogen and oxygen atoms in total. The molecule has 2 aromatic rings. The number of rotatable bonds is 5. The molecule has 0 atom stereocenters. The lowest BCUT2D eigenvalue weighted by molar-refractivity contribution is -0.111. The summed E-state index contributed by atoms with van der Waals surface area (Å²) in [7, 11) is 2.89. The van der Waals surface area contributed by atoms with Crippen LogP contribution in [0.25, 0.3) is 6.08 Å². The number of carbonyl (C=O) groups excluding carboxylic acids is 2. The van der Waals surface area contributed by atoms with Crippen molar-refractivity contribution in [3.05, 3.63) is 64.1 Å². The molecular weight excluding hydrogens is 374 g/mol. The maximum Gasteiger partial charge on any atom is 0.337 e. The van der Waals surface area contributed by atoms with E-state index < -0.39 is 5.97 Å².